The molecule has 0 bridgehead atoms. The lowest BCUT2D eigenvalue weighted by atomic mass is 9.87. The molecule has 146 valence electrons. The summed E-state index contributed by atoms with van der Waals surface area (Å²) in [7, 11) is 0. The smallest absolute Gasteiger partial charge is 0.254 e. The Morgan fingerprint density at radius 1 is 1.11 bits per heavy atom. The summed E-state index contributed by atoms with van der Waals surface area (Å²) >= 11 is 0. The molecule has 0 unspecified atom stereocenters. The topological polar surface area (TPSA) is 40.6 Å². The predicted octanol–water partition coefficient (Wildman–Crippen LogP) is 4.39. The summed E-state index contributed by atoms with van der Waals surface area (Å²) in [5.41, 5.74) is 4.13. The van der Waals surface area contributed by atoms with E-state index in [2.05, 4.69) is 36.1 Å². The number of likely N-dealkylation sites (tertiary alicyclic amines) is 1. The fraction of sp³-hybridized carbons (Fsp3) is 0.417. The van der Waals surface area contributed by atoms with Gasteiger partial charge in [-0.15, -0.1) is 0 Å². The van der Waals surface area contributed by atoms with Crippen molar-refractivity contribution in [3.8, 4) is 0 Å². The number of hydrogen-bond donors (Lipinski definition) is 0. The fourth-order valence-electron chi connectivity index (χ4n) is 4.92. The molecule has 2 amide bonds. The van der Waals surface area contributed by atoms with Gasteiger partial charge in [-0.2, -0.15) is 0 Å². The number of nitrogens with zero attached hydrogens (tertiary/aromatic N) is 2. The third-order valence-corrected chi connectivity index (χ3v) is 6.29. The van der Waals surface area contributed by atoms with Crippen LogP contribution in [0.25, 0.3) is 0 Å². The van der Waals surface area contributed by atoms with Crippen LogP contribution < -0.4 is 4.90 Å². The molecule has 28 heavy (non-hydrogen) atoms. The summed E-state index contributed by atoms with van der Waals surface area (Å²) in [5, 5.41) is 0. The lowest BCUT2D eigenvalue weighted by Gasteiger charge is -2.32. The second-order valence-corrected chi connectivity index (χ2v) is 7.90. The maximum Gasteiger partial charge on any atom is 0.254 e. The van der Waals surface area contributed by atoms with Gasteiger partial charge in [-0.1, -0.05) is 37.3 Å². The first-order valence-electron chi connectivity index (χ1n) is 10.4. The van der Waals surface area contributed by atoms with Crippen LogP contribution in [0.4, 0.5) is 5.69 Å². The van der Waals surface area contributed by atoms with Crippen molar-refractivity contribution >= 4 is 17.5 Å². The molecule has 0 N–H and O–H groups in total. The average Bonchev–Trinajstić information content (AvgIpc) is 3.35. The third kappa shape index (κ3) is 3.32. The van der Waals surface area contributed by atoms with Crippen LogP contribution in [-0.4, -0.2) is 35.8 Å². The largest absolute Gasteiger partial charge is 0.335 e. The van der Waals surface area contributed by atoms with Crippen molar-refractivity contribution in [2.75, 3.05) is 18.0 Å². The lowest BCUT2D eigenvalue weighted by molar-refractivity contribution is -0.116. The van der Waals surface area contributed by atoms with Crippen molar-refractivity contribution < 1.29 is 9.59 Å². The number of rotatable bonds is 4. The van der Waals surface area contributed by atoms with Crippen molar-refractivity contribution in [2.24, 2.45) is 0 Å². The molecule has 2 aliphatic rings. The van der Waals surface area contributed by atoms with Crippen molar-refractivity contribution in [3.05, 3.63) is 65.2 Å². The van der Waals surface area contributed by atoms with Crippen LogP contribution in [-0.2, 0) is 11.2 Å². The number of hydrogen-bond acceptors (Lipinski definition) is 2. The van der Waals surface area contributed by atoms with Gasteiger partial charge in [0.1, 0.15) is 0 Å². The Balaban J connectivity index is 1.58. The Labute approximate surface area is 167 Å². The molecule has 0 aliphatic carbocycles. The average molecular weight is 377 g/mol. The van der Waals surface area contributed by atoms with E-state index in [9.17, 15) is 9.59 Å². The minimum Gasteiger partial charge on any atom is -0.335 e. The van der Waals surface area contributed by atoms with E-state index < -0.39 is 0 Å². The van der Waals surface area contributed by atoms with Gasteiger partial charge in [-0.25, -0.2) is 0 Å². The molecular formula is C24H28N2O2. The van der Waals surface area contributed by atoms with Crippen molar-refractivity contribution in [3.63, 3.8) is 0 Å². The van der Waals surface area contributed by atoms with E-state index in [-0.39, 0.29) is 17.9 Å². The third-order valence-electron chi connectivity index (χ3n) is 6.29. The van der Waals surface area contributed by atoms with Gasteiger partial charge < -0.3 is 9.80 Å². The van der Waals surface area contributed by atoms with Gasteiger partial charge in [0.25, 0.3) is 5.91 Å². The minimum absolute atomic E-state index is 0.0612. The summed E-state index contributed by atoms with van der Waals surface area (Å²) in [6, 6.07) is 16.7. The molecule has 0 radical (unpaired) electrons. The summed E-state index contributed by atoms with van der Waals surface area (Å²) < 4.78 is 0. The SMILES string of the molecule is CC[C@@H](c1ccccc1)[C@@H]1CCCN1C(=O)c1ccc2c(c1)CCN2C(C)=O. The molecule has 2 heterocycles. The van der Waals surface area contributed by atoms with Gasteiger partial charge in [0.2, 0.25) is 5.91 Å². The predicted molar refractivity (Wildman–Crippen MR) is 112 cm³/mol. The molecule has 4 rings (SSSR count). The zero-order valence-electron chi connectivity index (χ0n) is 16.7. The molecule has 0 spiro atoms. The molecule has 2 atom stereocenters. The summed E-state index contributed by atoms with van der Waals surface area (Å²) in [5.74, 6) is 0.558. The molecule has 1 fully saturated rings. The van der Waals surface area contributed by atoms with Crippen LogP contribution in [0, 0.1) is 0 Å². The Morgan fingerprint density at radius 2 is 1.89 bits per heavy atom. The van der Waals surface area contributed by atoms with Crippen LogP contribution in [0.5, 0.6) is 0 Å². The summed E-state index contributed by atoms with van der Waals surface area (Å²) in [4.78, 5) is 29.0. The van der Waals surface area contributed by atoms with Crippen LogP contribution in [0.3, 0.4) is 0 Å². The molecule has 0 saturated carbocycles. The number of fused-ring (bicyclic) bond motifs is 1. The number of amides is 2. The van der Waals surface area contributed by atoms with Gasteiger partial charge >= 0.3 is 0 Å². The van der Waals surface area contributed by atoms with Crippen LogP contribution in [0.15, 0.2) is 48.5 Å². The maximum absolute atomic E-state index is 13.4. The fourth-order valence-corrected chi connectivity index (χ4v) is 4.92. The van der Waals surface area contributed by atoms with Crippen LogP contribution >= 0.6 is 0 Å². The summed E-state index contributed by atoms with van der Waals surface area (Å²) in [6.07, 6.45) is 3.96. The second kappa shape index (κ2) is 7.78. The Kier molecular flexibility index (Phi) is 5.21. The van der Waals surface area contributed by atoms with Gasteiger partial charge in [-0.05, 0) is 55.0 Å². The number of benzene rings is 2. The first kappa shape index (κ1) is 18.7. The van der Waals surface area contributed by atoms with Crippen LogP contribution in [0.2, 0.25) is 0 Å². The van der Waals surface area contributed by atoms with Crippen LogP contribution in [0.1, 0.15) is 60.5 Å². The number of carbonyl (C=O) groups is 2. The van der Waals surface area contributed by atoms with E-state index in [1.54, 1.807) is 11.8 Å². The molecular weight excluding hydrogens is 348 g/mol. The first-order chi connectivity index (χ1) is 13.6. The molecule has 2 aliphatic heterocycles. The molecule has 1 saturated heterocycles. The highest BCUT2D eigenvalue weighted by Gasteiger charge is 2.35. The van der Waals surface area contributed by atoms with E-state index in [0.717, 1.165) is 49.0 Å². The standard InChI is InChI=1S/C24H28N2O2/c1-3-21(18-8-5-4-6-9-18)23-10-7-14-26(23)24(28)20-11-12-22-19(16-20)13-15-25(22)17(2)27/h4-6,8-9,11-12,16,21,23H,3,7,10,13-15H2,1-2H3/t21-,23-/m0/s1. The van der Waals surface area contributed by atoms with E-state index in [0.29, 0.717) is 12.5 Å². The molecule has 0 aromatic heterocycles. The monoisotopic (exact) mass is 376 g/mol. The minimum atomic E-state index is 0.0612. The first-order valence-corrected chi connectivity index (χ1v) is 10.4. The Hall–Kier alpha value is -2.62. The van der Waals surface area contributed by atoms with E-state index in [1.165, 1.54) is 5.56 Å². The van der Waals surface area contributed by atoms with Crippen molar-refractivity contribution in [2.45, 2.75) is 51.5 Å². The lowest BCUT2D eigenvalue weighted by Crippen LogP contribution is -2.39. The van der Waals surface area contributed by atoms with Crippen molar-refractivity contribution in [1.82, 2.24) is 4.90 Å². The number of carbonyl (C=O) groups excluding carboxylic acids is 2. The van der Waals surface area contributed by atoms with Gasteiger partial charge in [-0.3, -0.25) is 9.59 Å². The second-order valence-electron chi connectivity index (χ2n) is 7.90. The normalized spacial score (nSPS) is 19.6. The van der Waals surface area contributed by atoms with Crippen molar-refractivity contribution in [1.29, 1.82) is 0 Å². The zero-order valence-corrected chi connectivity index (χ0v) is 16.7. The zero-order chi connectivity index (χ0) is 19.7. The Morgan fingerprint density at radius 3 is 2.61 bits per heavy atom. The quantitative estimate of drug-likeness (QED) is 0.794. The Bertz CT molecular complexity index is 877. The van der Waals surface area contributed by atoms with E-state index in [1.807, 2.05) is 24.3 Å². The van der Waals surface area contributed by atoms with Gasteiger partial charge in [0, 0.05) is 43.2 Å². The molecule has 4 nitrogen and oxygen atoms in total. The summed E-state index contributed by atoms with van der Waals surface area (Å²) in [6.45, 7) is 5.34. The van der Waals surface area contributed by atoms with E-state index >= 15 is 0 Å². The molecule has 4 heteroatoms. The molecule has 2 aromatic rings. The highest BCUT2D eigenvalue weighted by molar-refractivity contribution is 5.98. The van der Waals surface area contributed by atoms with E-state index in [4.69, 9.17) is 0 Å². The maximum atomic E-state index is 13.4. The van der Waals surface area contributed by atoms with Gasteiger partial charge in [0.05, 0.1) is 0 Å². The number of anilines is 1. The highest BCUT2D eigenvalue weighted by Crippen LogP contribution is 2.35. The highest BCUT2D eigenvalue weighted by atomic mass is 16.2. The van der Waals surface area contributed by atoms with Gasteiger partial charge in [0.15, 0.2) is 0 Å². The molecule has 2 aromatic carbocycles.